The number of hydrogen-bond acceptors (Lipinski definition) is 6. The van der Waals surface area contributed by atoms with E-state index in [1.807, 2.05) is 35.2 Å². The fourth-order valence-corrected chi connectivity index (χ4v) is 3.46. The molecule has 1 N–H and O–H groups in total. The highest BCUT2D eigenvalue weighted by Crippen LogP contribution is 2.28. The summed E-state index contributed by atoms with van der Waals surface area (Å²) >= 11 is 0. The Morgan fingerprint density at radius 2 is 1.90 bits per heavy atom. The van der Waals surface area contributed by atoms with Crippen molar-refractivity contribution in [3.8, 4) is 5.75 Å². The Balaban J connectivity index is 1.45. The van der Waals surface area contributed by atoms with Crippen LogP contribution in [0.5, 0.6) is 5.75 Å². The fourth-order valence-electron chi connectivity index (χ4n) is 3.46. The first-order valence-electron chi connectivity index (χ1n) is 10.3. The number of carbonyl (C=O) groups is 1. The highest BCUT2D eigenvalue weighted by atomic mass is 16.6. The largest absolute Gasteiger partial charge is 0.494 e. The summed E-state index contributed by atoms with van der Waals surface area (Å²) < 4.78 is 5.63. The third-order valence-electron chi connectivity index (χ3n) is 5.02. The van der Waals surface area contributed by atoms with Crippen LogP contribution in [0.4, 0.5) is 11.4 Å². The molecule has 30 heavy (non-hydrogen) atoms. The summed E-state index contributed by atoms with van der Waals surface area (Å²) in [5.41, 5.74) is 1.75. The second-order valence-electron chi connectivity index (χ2n) is 7.28. The number of nitro benzene ring substituents is 1. The monoisotopic (exact) mass is 412 g/mol. The maximum absolute atomic E-state index is 12.3. The number of nitrogens with zero attached hydrogens (tertiary/aromatic N) is 3. The quantitative estimate of drug-likeness (QED) is 0.503. The Morgan fingerprint density at radius 3 is 2.63 bits per heavy atom. The number of benzene rings is 2. The zero-order valence-corrected chi connectivity index (χ0v) is 17.3. The van der Waals surface area contributed by atoms with E-state index in [2.05, 4.69) is 17.1 Å². The van der Waals surface area contributed by atoms with Crippen molar-refractivity contribution in [2.24, 2.45) is 0 Å². The van der Waals surface area contributed by atoms with Crippen molar-refractivity contribution in [3.63, 3.8) is 0 Å². The number of nitrogens with one attached hydrogen (secondary N) is 1. The summed E-state index contributed by atoms with van der Waals surface area (Å²) in [5, 5.41) is 14.2. The van der Waals surface area contributed by atoms with E-state index in [9.17, 15) is 14.9 Å². The Labute approximate surface area is 176 Å². The molecule has 0 radical (unpaired) electrons. The summed E-state index contributed by atoms with van der Waals surface area (Å²) in [6.45, 7) is 6.16. The second kappa shape index (κ2) is 10.6. The molecule has 3 rings (SSSR count). The number of ether oxygens (including phenoxy) is 1. The minimum Gasteiger partial charge on any atom is -0.494 e. The van der Waals surface area contributed by atoms with Crippen molar-refractivity contribution in [3.05, 3.63) is 64.2 Å². The van der Waals surface area contributed by atoms with Gasteiger partial charge in [-0.1, -0.05) is 31.2 Å². The van der Waals surface area contributed by atoms with Crippen molar-refractivity contribution in [2.45, 2.75) is 19.9 Å². The van der Waals surface area contributed by atoms with Crippen LogP contribution in [0.25, 0.3) is 0 Å². The Kier molecular flexibility index (Phi) is 7.62. The molecule has 0 spiro atoms. The van der Waals surface area contributed by atoms with Crippen LogP contribution in [0.15, 0.2) is 48.5 Å². The maximum Gasteiger partial charge on any atom is 0.292 e. The number of carbonyl (C=O) groups excluding carboxylic acids is 1. The molecule has 0 unspecified atom stereocenters. The van der Waals surface area contributed by atoms with Crippen molar-refractivity contribution < 1.29 is 14.5 Å². The Morgan fingerprint density at radius 1 is 1.13 bits per heavy atom. The molecule has 1 fully saturated rings. The zero-order valence-electron chi connectivity index (χ0n) is 17.3. The van der Waals surface area contributed by atoms with Crippen molar-refractivity contribution >= 4 is 17.3 Å². The molecule has 1 heterocycles. The first-order valence-corrected chi connectivity index (χ1v) is 10.3. The van der Waals surface area contributed by atoms with Gasteiger partial charge in [-0.25, -0.2) is 0 Å². The number of rotatable bonds is 9. The summed E-state index contributed by atoms with van der Waals surface area (Å²) in [6, 6.07) is 14.5. The van der Waals surface area contributed by atoms with Gasteiger partial charge in [0.2, 0.25) is 5.91 Å². The summed E-state index contributed by atoms with van der Waals surface area (Å²) in [6.07, 6.45) is 0.950. The van der Waals surface area contributed by atoms with Gasteiger partial charge < -0.3 is 15.0 Å². The third-order valence-corrected chi connectivity index (χ3v) is 5.02. The molecule has 0 aliphatic carbocycles. The smallest absolute Gasteiger partial charge is 0.292 e. The van der Waals surface area contributed by atoms with Crippen LogP contribution in [0, 0.1) is 10.1 Å². The maximum atomic E-state index is 12.3. The van der Waals surface area contributed by atoms with Gasteiger partial charge in [-0.15, -0.1) is 0 Å². The fraction of sp³-hybridized carbons (Fsp3) is 0.409. The molecule has 1 saturated heterocycles. The average Bonchev–Trinajstić information content (AvgIpc) is 2.77. The van der Waals surface area contributed by atoms with Crippen LogP contribution >= 0.6 is 0 Å². The number of nitro groups is 1. The number of hydrogen-bond donors (Lipinski definition) is 1. The van der Waals surface area contributed by atoms with Gasteiger partial charge in [0.05, 0.1) is 18.1 Å². The van der Waals surface area contributed by atoms with E-state index in [-0.39, 0.29) is 16.5 Å². The first kappa shape index (κ1) is 21.6. The van der Waals surface area contributed by atoms with Crippen molar-refractivity contribution in [2.75, 3.05) is 44.2 Å². The summed E-state index contributed by atoms with van der Waals surface area (Å²) in [7, 11) is 0. The lowest BCUT2D eigenvalue weighted by Crippen LogP contribution is -2.49. The lowest BCUT2D eigenvalue weighted by atomic mass is 10.2. The molecule has 0 saturated carbocycles. The highest BCUT2D eigenvalue weighted by molar-refractivity contribution is 5.78. The van der Waals surface area contributed by atoms with Crippen LogP contribution in [0.3, 0.4) is 0 Å². The molecular formula is C22H28N4O4. The molecule has 0 atom stereocenters. The molecule has 160 valence electrons. The van der Waals surface area contributed by atoms with Gasteiger partial charge in [0, 0.05) is 38.8 Å². The number of piperazine rings is 1. The summed E-state index contributed by atoms with van der Waals surface area (Å²) in [5.74, 6) is 0.781. The molecule has 8 nitrogen and oxygen atoms in total. The number of para-hydroxylation sites is 2. The lowest BCUT2D eigenvalue weighted by Gasteiger charge is -2.35. The molecular weight excluding hydrogens is 384 g/mol. The van der Waals surface area contributed by atoms with Gasteiger partial charge in [0.1, 0.15) is 11.4 Å². The van der Waals surface area contributed by atoms with Crippen molar-refractivity contribution in [1.29, 1.82) is 0 Å². The van der Waals surface area contributed by atoms with E-state index in [1.54, 1.807) is 12.1 Å². The molecule has 0 bridgehead atoms. The van der Waals surface area contributed by atoms with E-state index in [4.69, 9.17) is 4.74 Å². The standard InChI is InChI=1S/C22H28N4O4/c1-2-14-30-19-7-5-6-18(15-19)16-23-22(27)17-24-10-12-25(13-11-24)20-8-3-4-9-21(20)26(28)29/h3-9,15H,2,10-14,16-17H2,1H3,(H,23,27). The van der Waals surface area contributed by atoms with E-state index in [0.29, 0.717) is 51.6 Å². The topological polar surface area (TPSA) is 88.0 Å². The van der Waals surface area contributed by atoms with Crippen LogP contribution in [0.2, 0.25) is 0 Å². The van der Waals surface area contributed by atoms with E-state index < -0.39 is 0 Å². The third kappa shape index (κ3) is 5.93. The molecule has 1 aliphatic rings. The summed E-state index contributed by atoms with van der Waals surface area (Å²) in [4.78, 5) is 27.3. The van der Waals surface area contributed by atoms with E-state index in [0.717, 1.165) is 17.7 Å². The van der Waals surface area contributed by atoms with Gasteiger partial charge in [-0.2, -0.15) is 0 Å². The molecule has 1 amide bonds. The van der Waals surface area contributed by atoms with Crippen LogP contribution < -0.4 is 15.0 Å². The van der Waals surface area contributed by atoms with Gasteiger partial charge in [0.25, 0.3) is 5.69 Å². The van der Waals surface area contributed by atoms with E-state index in [1.165, 1.54) is 6.07 Å². The first-order chi connectivity index (χ1) is 14.6. The predicted molar refractivity (Wildman–Crippen MR) is 116 cm³/mol. The lowest BCUT2D eigenvalue weighted by molar-refractivity contribution is -0.384. The molecule has 2 aromatic carbocycles. The van der Waals surface area contributed by atoms with Gasteiger partial charge in [-0.05, 0) is 30.2 Å². The molecule has 8 heteroatoms. The zero-order chi connectivity index (χ0) is 21.3. The van der Waals surface area contributed by atoms with Gasteiger partial charge >= 0.3 is 0 Å². The minimum atomic E-state index is -0.350. The minimum absolute atomic E-state index is 0.0333. The van der Waals surface area contributed by atoms with Crippen LogP contribution in [-0.2, 0) is 11.3 Å². The van der Waals surface area contributed by atoms with Crippen LogP contribution in [0.1, 0.15) is 18.9 Å². The molecule has 2 aromatic rings. The highest BCUT2D eigenvalue weighted by Gasteiger charge is 2.24. The average molecular weight is 412 g/mol. The molecule has 0 aromatic heterocycles. The Bertz CT molecular complexity index is 866. The van der Waals surface area contributed by atoms with E-state index >= 15 is 0 Å². The normalized spacial score (nSPS) is 14.4. The Hall–Kier alpha value is -3.13. The SMILES string of the molecule is CCCOc1cccc(CNC(=O)CN2CCN(c3ccccc3[N+](=O)[O-])CC2)c1. The van der Waals surface area contributed by atoms with Crippen molar-refractivity contribution in [1.82, 2.24) is 10.2 Å². The van der Waals surface area contributed by atoms with Gasteiger partial charge in [-0.3, -0.25) is 19.8 Å². The van der Waals surface area contributed by atoms with Gasteiger partial charge in [0.15, 0.2) is 0 Å². The molecule has 1 aliphatic heterocycles. The number of amides is 1. The predicted octanol–water partition coefficient (Wildman–Crippen LogP) is 2.82. The van der Waals surface area contributed by atoms with Crippen LogP contribution in [-0.4, -0.2) is 55.1 Å². The number of anilines is 1. The second-order valence-corrected chi connectivity index (χ2v) is 7.28.